The van der Waals surface area contributed by atoms with E-state index in [0.29, 0.717) is 11.6 Å². The molecule has 5 heteroatoms. The van der Waals surface area contributed by atoms with Crippen LogP contribution >= 0.6 is 38.9 Å². The monoisotopic (exact) mass is 359 g/mol. The van der Waals surface area contributed by atoms with Crippen LogP contribution in [0.2, 0.25) is 5.02 Å². The highest BCUT2D eigenvalue weighted by Crippen LogP contribution is 2.23. The van der Waals surface area contributed by atoms with E-state index in [4.69, 9.17) is 11.6 Å². The van der Waals surface area contributed by atoms with E-state index in [0.717, 1.165) is 22.3 Å². The van der Waals surface area contributed by atoms with Crippen LogP contribution in [0.25, 0.3) is 0 Å². The van der Waals surface area contributed by atoms with Crippen molar-refractivity contribution in [3.8, 4) is 0 Å². The first kappa shape index (κ1) is 15.0. The van der Waals surface area contributed by atoms with Crippen LogP contribution < -0.4 is 5.32 Å². The molecule has 1 heterocycles. The molecule has 0 saturated carbocycles. The number of aliphatic hydroxyl groups is 1. The molecule has 0 spiro atoms. The summed E-state index contributed by atoms with van der Waals surface area (Å²) >= 11 is 11.2. The lowest BCUT2D eigenvalue weighted by Crippen LogP contribution is -2.23. The van der Waals surface area contributed by atoms with Gasteiger partial charge in [-0.2, -0.15) is 0 Å². The van der Waals surface area contributed by atoms with E-state index in [1.165, 1.54) is 4.88 Å². The van der Waals surface area contributed by atoms with Crippen LogP contribution in [0.5, 0.6) is 0 Å². The van der Waals surface area contributed by atoms with Crippen molar-refractivity contribution in [3.63, 3.8) is 0 Å². The van der Waals surface area contributed by atoms with E-state index in [-0.39, 0.29) is 0 Å². The standard InChI is InChI=1S/C14H15BrClNOS/c15-14-6-5-10(19-14)7-8-17-9-13(18)11-3-1-2-4-12(11)16/h1-6,13,17-18H,7-9H2. The molecule has 1 atom stereocenters. The third kappa shape index (κ3) is 4.58. The molecule has 0 radical (unpaired) electrons. The van der Waals surface area contributed by atoms with Gasteiger partial charge in [0.2, 0.25) is 0 Å². The van der Waals surface area contributed by atoms with Gasteiger partial charge in [-0.3, -0.25) is 0 Å². The predicted molar refractivity (Wildman–Crippen MR) is 85.0 cm³/mol. The summed E-state index contributed by atoms with van der Waals surface area (Å²) in [5.74, 6) is 0. The summed E-state index contributed by atoms with van der Waals surface area (Å²) in [6.45, 7) is 1.35. The predicted octanol–water partition coefficient (Wildman–Crippen LogP) is 4.03. The molecule has 0 aliphatic rings. The Balaban J connectivity index is 1.75. The molecule has 1 aromatic heterocycles. The second-order valence-corrected chi connectivity index (χ2v) is 7.15. The van der Waals surface area contributed by atoms with Crippen molar-refractivity contribution >= 4 is 38.9 Å². The van der Waals surface area contributed by atoms with Crippen molar-refractivity contribution in [3.05, 3.63) is 55.6 Å². The number of hydrogen-bond acceptors (Lipinski definition) is 3. The van der Waals surface area contributed by atoms with E-state index in [1.54, 1.807) is 17.4 Å². The molecular weight excluding hydrogens is 346 g/mol. The first-order chi connectivity index (χ1) is 9.16. The Kier molecular flexibility index (Phi) is 5.85. The van der Waals surface area contributed by atoms with Crippen molar-refractivity contribution in [2.45, 2.75) is 12.5 Å². The zero-order valence-corrected chi connectivity index (χ0v) is 13.4. The van der Waals surface area contributed by atoms with Crippen LogP contribution in [-0.2, 0) is 6.42 Å². The van der Waals surface area contributed by atoms with Gasteiger partial charge in [0.05, 0.1) is 9.89 Å². The molecule has 0 bridgehead atoms. The minimum atomic E-state index is -0.566. The molecule has 2 N–H and O–H groups in total. The van der Waals surface area contributed by atoms with Gasteiger partial charge in [0.25, 0.3) is 0 Å². The van der Waals surface area contributed by atoms with Gasteiger partial charge in [0, 0.05) is 28.6 Å². The fourth-order valence-corrected chi connectivity index (χ4v) is 3.54. The Morgan fingerprint density at radius 1 is 1.26 bits per heavy atom. The van der Waals surface area contributed by atoms with Crippen LogP contribution in [0.3, 0.4) is 0 Å². The van der Waals surface area contributed by atoms with Crippen LogP contribution in [0.4, 0.5) is 0 Å². The van der Waals surface area contributed by atoms with Crippen LogP contribution in [0.15, 0.2) is 40.2 Å². The van der Waals surface area contributed by atoms with Gasteiger partial charge in [-0.05, 0) is 40.5 Å². The van der Waals surface area contributed by atoms with Gasteiger partial charge in [0.15, 0.2) is 0 Å². The molecule has 102 valence electrons. The third-order valence-electron chi connectivity index (χ3n) is 2.78. The average molecular weight is 361 g/mol. The highest BCUT2D eigenvalue weighted by molar-refractivity contribution is 9.11. The maximum absolute atomic E-state index is 10.1. The first-order valence-corrected chi connectivity index (χ1v) is 8.03. The van der Waals surface area contributed by atoms with Crippen LogP contribution in [0.1, 0.15) is 16.5 Å². The lowest BCUT2D eigenvalue weighted by molar-refractivity contribution is 0.175. The number of halogens is 2. The highest BCUT2D eigenvalue weighted by Gasteiger charge is 2.10. The minimum absolute atomic E-state index is 0.510. The Labute approximate surface area is 130 Å². The van der Waals surface area contributed by atoms with Crippen molar-refractivity contribution in [2.24, 2.45) is 0 Å². The van der Waals surface area contributed by atoms with E-state index in [9.17, 15) is 5.11 Å². The smallest absolute Gasteiger partial charge is 0.0928 e. The minimum Gasteiger partial charge on any atom is -0.387 e. The molecule has 2 aromatic rings. The Morgan fingerprint density at radius 3 is 2.74 bits per heavy atom. The quantitative estimate of drug-likeness (QED) is 0.762. The molecule has 0 amide bonds. The first-order valence-electron chi connectivity index (χ1n) is 6.04. The summed E-state index contributed by atoms with van der Waals surface area (Å²) in [4.78, 5) is 1.33. The van der Waals surface area contributed by atoms with Gasteiger partial charge in [-0.25, -0.2) is 0 Å². The number of hydrogen-bond donors (Lipinski definition) is 2. The lowest BCUT2D eigenvalue weighted by atomic mass is 10.1. The van der Waals surface area contributed by atoms with E-state index >= 15 is 0 Å². The molecule has 2 rings (SSSR count). The normalized spacial score (nSPS) is 12.6. The summed E-state index contributed by atoms with van der Waals surface area (Å²) in [5, 5.41) is 13.9. The second kappa shape index (κ2) is 7.41. The van der Waals surface area contributed by atoms with Gasteiger partial charge >= 0.3 is 0 Å². The van der Waals surface area contributed by atoms with Crippen molar-refractivity contribution < 1.29 is 5.11 Å². The molecule has 0 aliphatic heterocycles. The van der Waals surface area contributed by atoms with Crippen molar-refractivity contribution in [1.29, 1.82) is 0 Å². The van der Waals surface area contributed by atoms with Gasteiger partial charge in [-0.15, -0.1) is 11.3 Å². The fourth-order valence-electron chi connectivity index (χ4n) is 1.79. The SMILES string of the molecule is OC(CNCCc1ccc(Br)s1)c1ccccc1Cl. The molecule has 0 saturated heterocycles. The molecule has 2 nitrogen and oxygen atoms in total. The summed E-state index contributed by atoms with van der Waals surface area (Å²) < 4.78 is 1.15. The number of rotatable bonds is 6. The van der Waals surface area contributed by atoms with Gasteiger partial charge in [-0.1, -0.05) is 29.8 Å². The molecular formula is C14H15BrClNOS. The van der Waals surface area contributed by atoms with E-state index in [2.05, 4.69) is 33.4 Å². The zero-order chi connectivity index (χ0) is 13.7. The number of benzene rings is 1. The molecule has 0 aliphatic carbocycles. The number of thiophene rings is 1. The van der Waals surface area contributed by atoms with Crippen molar-refractivity contribution in [2.75, 3.05) is 13.1 Å². The van der Waals surface area contributed by atoms with Crippen LogP contribution in [0, 0.1) is 0 Å². The molecule has 1 unspecified atom stereocenters. The Hall–Kier alpha value is -0.390. The summed E-state index contributed by atoms with van der Waals surface area (Å²) in [6.07, 6.45) is 0.398. The topological polar surface area (TPSA) is 32.3 Å². The summed E-state index contributed by atoms with van der Waals surface area (Å²) in [5.41, 5.74) is 0.774. The van der Waals surface area contributed by atoms with Gasteiger partial charge < -0.3 is 10.4 Å². The van der Waals surface area contributed by atoms with Crippen LogP contribution in [-0.4, -0.2) is 18.2 Å². The lowest BCUT2D eigenvalue weighted by Gasteiger charge is -2.13. The highest BCUT2D eigenvalue weighted by atomic mass is 79.9. The second-order valence-electron chi connectivity index (χ2n) is 4.20. The maximum Gasteiger partial charge on any atom is 0.0928 e. The van der Waals surface area contributed by atoms with E-state index < -0.39 is 6.10 Å². The maximum atomic E-state index is 10.1. The summed E-state index contributed by atoms with van der Waals surface area (Å²) in [6, 6.07) is 11.6. The fraction of sp³-hybridized carbons (Fsp3) is 0.286. The number of nitrogens with one attached hydrogen (secondary N) is 1. The average Bonchev–Trinajstić information content (AvgIpc) is 2.81. The Bertz CT molecular complexity index is 532. The zero-order valence-electron chi connectivity index (χ0n) is 10.3. The van der Waals surface area contributed by atoms with Crippen molar-refractivity contribution in [1.82, 2.24) is 5.32 Å². The third-order valence-corrected chi connectivity index (χ3v) is 4.81. The molecule has 1 aromatic carbocycles. The number of aliphatic hydroxyl groups excluding tert-OH is 1. The Morgan fingerprint density at radius 2 is 2.05 bits per heavy atom. The molecule has 19 heavy (non-hydrogen) atoms. The molecule has 0 fully saturated rings. The summed E-state index contributed by atoms with van der Waals surface area (Å²) in [7, 11) is 0. The largest absolute Gasteiger partial charge is 0.387 e. The van der Waals surface area contributed by atoms with Gasteiger partial charge in [0.1, 0.15) is 0 Å². The van der Waals surface area contributed by atoms with E-state index in [1.807, 2.05) is 18.2 Å².